The Morgan fingerprint density at radius 1 is 1.42 bits per heavy atom. The van der Waals surface area contributed by atoms with Gasteiger partial charge in [0.15, 0.2) is 0 Å². The van der Waals surface area contributed by atoms with E-state index < -0.39 is 0 Å². The molecule has 2 aliphatic rings. The van der Waals surface area contributed by atoms with Gasteiger partial charge in [-0.05, 0) is 56.6 Å². The fourth-order valence-corrected chi connectivity index (χ4v) is 4.09. The number of hydrogen-bond donors (Lipinski definition) is 3. The second-order valence-electron chi connectivity index (χ2n) is 6.19. The summed E-state index contributed by atoms with van der Waals surface area (Å²) in [5.41, 5.74) is 2.66. The number of aryl methyl sites for hydroxylation is 2. The Bertz CT molecular complexity index is 494. The van der Waals surface area contributed by atoms with Gasteiger partial charge in [0.1, 0.15) is 5.69 Å². The van der Waals surface area contributed by atoms with Gasteiger partial charge in [-0.2, -0.15) is 0 Å². The highest BCUT2D eigenvalue weighted by Crippen LogP contribution is 2.48. The van der Waals surface area contributed by atoms with Crippen LogP contribution in [0.3, 0.4) is 0 Å². The van der Waals surface area contributed by atoms with Gasteiger partial charge in [0.05, 0.1) is 0 Å². The Labute approximate surface area is 113 Å². The smallest absolute Gasteiger partial charge is 0.268 e. The van der Waals surface area contributed by atoms with Gasteiger partial charge in [-0.25, -0.2) is 0 Å². The zero-order valence-corrected chi connectivity index (χ0v) is 11.6. The van der Waals surface area contributed by atoms with Crippen molar-refractivity contribution in [3.63, 3.8) is 0 Å². The summed E-state index contributed by atoms with van der Waals surface area (Å²) in [5.74, 6) is 1.38. The van der Waals surface area contributed by atoms with Crippen LogP contribution in [0, 0.1) is 31.6 Å². The first-order valence-electron chi connectivity index (χ1n) is 7.18. The lowest BCUT2D eigenvalue weighted by molar-refractivity contribution is 0.0856. The molecule has 3 rings (SSSR count). The monoisotopic (exact) mass is 262 g/mol. The number of fused-ring (bicyclic) bond motifs is 2. The maximum atomic E-state index is 12.3. The van der Waals surface area contributed by atoms with E-state index in [1.54, 1.807) is 0 Å². The normalized spacial score (nSPS) is 32.8. The standard InChI is InChI=1S/C15H22N2O2/c1-8-5-9(2)16-13(8)15(19)17-14-11-4-3-10(6-11)12(14)7-18/h5,10-12,14,16,18H,3-4,6-7H2,1-2H3,(H,17,19). The van der Waals surface area contributed by atoms with Gasteiger partial charge in [0, 0.05) is 24.3 Å². The molecule has 2 fully saturated rings. The largest absolute Gasteiger partial charge is 0.396 e. The zero-order valence-electron chi connectivity index (χ0n) is 11.6. The number of aliphatic hydroxyl groups excluding tert-OH is 1. The maximum Gasteiger partial charge on any atom is 0.268 e. The molecular formula is C15H22N2O2. The third-order valence-electron chi connectivity index (χ3n) is 4.97. The van der Waals surface area contributed by atoms with E-state index in [1.807, 2.05) is 19.9 Å². The number of H-pyrrole nitrogens is 1. The van der Waals surface area contributed by atoms with Crippen LogP contribution < -0.4 is 5.32 Å². The molecule has 2 aliphatic carbocycles. The van der Waals surface area contributed by atoms with E-state index in [1.165, 1.54) is 19.3 Å². The summed E-state index contributed by atoms with van der Waals surface area (Å²) in [4.78, 5) is 15.5. The molecule has 4 atom stereocenters. The summed E-state index contributed by atoms with van der Waals surface area (Å²) in [6, 6.07) is 2.14. The van der Waals surface area contributed by atoms with E-state index in [0.29, 0.717) is 17.5 Å². The van der Waals surface area contributed by atoms with E-state index in [2.05, 4.69) is 10.3 Å². The Morgan fingerprint density at radius 3 is 2.79 bits per heavy atom. The number of aromatic amines is 1. The SMILES string of the molecule is Cc1cc(C)c(C(=O)NC2C3CCC(C3)C2CO)[nH]1. The fourth-order valence-electron chi connectivity index (χ4n) is 4.09. The van der Waals surface area contributed by atoms with Crippen LogP contribution in [0.25, 0.3) is 0 Å². The van der Waals surface area contributed by atoms with Crippen LogP contribution in [-0.4, -0.2) is 28.6 Å². The number of aliphatic hydroxyl groups is 1. The minimum atomic E-state index is -0.0263. The summed E-state index contributed by atoms with van der Waals surface area (Å²) in [5, 5.41) is 12.7. The lowest BCUT2D eigenvalue weighted by Crippen LogP contribution is -2.45. The van der Waals surface area contributed by atoms with Crippen LogP contribution in [0.5, 0.6) is 0 Å². The van der Waals surface area contributed by atoms with Gasteiger partial charge in [-0.3, -0.25) is 4.79 Å². The van der Waals surface area contributed by atoms with Crippen molar-refractivity contribution in [2.24, 2.45) is 17.8 Å². The minimum absolute atomic E-state index is 0.0263. The average Bonchev–Trinajstić information content (AvgIpc) is 3.03. The van der Waals surface area contributed by atoms with Crippen LogP contribution in [0.1, 0.15) is 41.0 Å². The second-order valence-corrected chi connectivity index (χ2v) is 6.19. The molecule has 104 valence electrons. The van der Waals surface area contributed by atoms with Crippen molar-refractivity contribution in [2.45, 2.75) is 39.2 Å². The highest BCUT2D eigenvalue weighted by atomic mass is 16.3. The first-order valence-corrected chi connectivity index (χ1v) is 7.18. The highest BCUT2D eigenvalue weighted by Gasteiger charge is 2.47. The van der Waals surface area contributed by atoms with Crippen molar-refractivity contribution in [3.8, 4) is 0 Å². The van der Waals surface area contributed by atoms with Crippen molar-refractivity contribution < 1.29 is 9.90 Å². The summed E-state index contributed by atoms with van der Waals surface area (Å²) in [6.45, 7) is 4.09. The van der Waals surface area contributed by atoms with Crippen molar-refractivity contribution in [2.75, 3.05) is 6.61 Å². The summed E-state index contributed by atoms with van der Waals surface area (Å²) < 4.78 is 0. The van der Waals surface area contributed by atoms with Crippen LogP contribution in [0.2, 0.25) is 0 Å². The van der Waals surface area contributed by atoms with Gasteiger partial charge >= 0.3 is 0 Å². The van der Waals surface area contributed by atoms with E-state index in [-0.39, 0.29) is 24.5 Å². The van der Waals surface area contributed by atoms with Crippen molar-refractivity contribution in [1.29, 1.82) is 0 Å². The number of rotatable bonds is 3. The maximum absolute atomic E-state index is 12.3. The van der Waals surface area contributed by atoms with Crippen molar-refractivity contribution in [1.82, 2.24) is 10.3 Å². The van der Waals surface area contributed by atoms with E-state index >= 15 is 0 Å². The van der Waals surface area contributed by atoms with Gasteiger partial charge in [-0.15, -0.1) is 0 Å². The molecule has 1 aromatic rings. The average molecular weight is 262 g/mol. The third-order valence-corrected chi connectivity index (χ3v) is 4.97. The lowest BCUT2D eigenvalue weighted by atomic mass is 9.85. The molecule has 0 aliphatic heterocycles. The van der Waals surface area contributed by atoms with E-state index in [9.17, 15) is 9.90 Å². The molecule has 2 bridgehead atoms. The number of amides is 1. The molecule has 0 aromatic carbocycles. The Hall–Kier alpha value is -1.29. The van der Waals surface area contributed by atoms with Gasteiger partial charge in [0.2, 0.25) is 0 Å². The predicted molar refractivity (Wildman–Crippen MR) is 72.9 cm³/mol. The van der Waals surface area contributed by atoms with Crippen molar-refractivity contribution >= 4 is 5.91 Å². The summed E-state index contributed by atoms with van der Waals surface area (Å²) in [7, 11) is 0. The molecule has 3 N–H and O–H groups in total. The number of nitrogens with one attached hydrogen (secondary N) is 2. The van der Waals surface area contributed by atoms with Crippen LogP contribution in [0.15, 0.2) is 6.07 Å². The Kier molecular flexibility index (Phi) is 3.13. The molecule has 19 heavy (non-hydrogen) atoms. The Morgan fingerprint density at radius 2 is 2.16 bits per heavy atom. The van der Waals surface area contributed by atoms with E-state index in [0.717, 1.165) is 11.3 Å². The highest BCUT2D eigenvalue weighted by molar-refractivity contribution is 5.94. The first kappa shape index (κ1) is 12.7. The number of carbonyl (C=O) groups is 1. The Balaban J connectivity index is 1.74. The van der Waals surface area contributed by atoms with Crippen LogP contribution >= 0.6 is 0 Å². The van der Waals surface area contributed by atoms with Crippen LogP contribution in [0.4, 0.5) is 0 Å². The summed E-state index contributed by atoms with van der Waals surface area (Å²) in [6.07, 6.45) is 3.57. The quantitative estimate of drug-likeness (QED) is 0.777. The predicted octanol–water partition coefficient (Wildman–Crippen LogP) is 1.77. The van der Waals surface area contributed by atoms with Gasteiger partial charge in [-0.1, -0.05) is 0 Å². The summed E-state index contributed by atoms with van der Waals surface area (Å²) >= 11 is 0. The molecule has 2 saturated carbocycles. The van der Waals surface area contributed by atoms with Gasteiger partial charge < -0.3 is 15.4 Å². The molecule has 0 radical (unpaired) electrons. The molecule has 4 heteroatoms. The second kappa shape index (κ2) is 4.67. The molecule has 1 amide bonds. The fraction of sp³-hybridized carbons (Fsp3) is 0.667. The first-order chi connectivity index (χ1) is 9.10. The zero-order chi connectivity index (χ0) is 13.6. The molecule has 1 heterocycles. The molecule has 0 saturated heterocycles. The van der Waals surface area contributed by atoms with Crippen molar-refractivity contribution in [3.05, 3.63) is 23.0 Å². The number of aromatic nitrogens is 1. The molecule has 0 spiro atoms. The molecule has 4 nitrogen and oxygen atoms in total. The molecule has 1 aromatic heterocycles. The third kappa shape index (κ3) is 2.08. The number of hydrogen-bond acceptors (Lipinski definition) is 2. The molecular weight excluding hydrogens is 240 g/mol. The van der Waals surface area contributed by atoms with E-state index in [4.69, 9.17) is 0 Å². The molecule has 4 unspecified atom stereocenters. The van der Waals surface area contributed by atoms with Crippen LogP contribution in [-0.2, 0) is 0 Å². The number of carbonyl (C=O) groups excluding carboxylic acids is 1. The van der Waals surface area contributed by atoms with Gasteiger partial charge in [0.25, 0.3) is 5.91 Å². The topological polar surface area (TPSA) is 65.1 Å². The lowest BCUT2D eigenvalue weighted by Gasteiger charge is -2.30. The minimum Gasteiger partial charge on any atom is -0.396 e.